The highest BCUT2D eigenvalue weighted by Gasteiger charge is 2.17. The van der Waals surface area contributed by atoms with Crippen LogP contribution < -0.4 is 5.32 Å². The van der Waals surface area contributed by atoms with Gasteiger partial charge in [-0.1, -0.05) is 18.1 Å². The molecule has 2 rings (SSSR count). The van der Waals surface area contributed by atoms with Gasteiger partial charge in [0.15, 0.2) is 6.04 Å². The lowest BCUT2D eigenvalue weighted by Crippen LogP contribution is -2.19. The number of carbonyl (C=O) groups excluding carboxylic acids is 1. The van der Waals surface area contributed by atoms with Gasteiger partial charge in [-0.2, -0.15) is 15.5 Å². The highest BCUT2D eigenvalue weighted by Crippen LogP contribution is 2.24. The molecule has 1 aromatic carbocycles. The second-order valence-electron chi connectivity index (χ2n) is 3.72. The summed E-state index contributed by atoms with van der Waals surface area (Å²) in [4.78, 5) is 10.6. The van der Waals surface area contributed by atoms with Gasteiger partial charge < -0.3 is 5.32 Å². The highest BCUT2D eigenvalue weighted by molar-refractivity contribution is 5.90. The first-order chi connectivity index (χ1) is 9.31. The third kappa shape index (κ3) is 2.36. The van der Waals surface area contributed by atoms with E-state index in [0.717, 1.165) is 16.3 Å². The third-order valence-electron chi connectivity index (χ3n) is 2.61. The molecule has 0 radical (unpaired) electrons. The molecule has 5 nitrogen and oxygen atoms in total. The van der Waals surface area contributed by atoms with E-state index in [1.807, 2.05) is 24.3 Å². The minimum Gasteiger partial charge on any atom is -0.338 e. The molecule has 1 heterocycles. The zero-order valence-electron chi connectivity index (χ0n) is 10.2. The molecule has 1 aromatic heterocycles. The van der Waals surface area contributed by atoms with Crippen LogP contribution in [0.1, 0.15) is 24.2 Å². The summed E-state index contributed by atoms with van der Waals surface area (Å²) in [6.45, 7) is 1.73. The van der Waals surface area contributed by atoms with Crippen molar-refractivity contribution in [3.63, 3.8) is 0 Å². The van der Waals surface area contributed by atoms with E-state index in [0.29, 0.717) is 12.1 Å². The van der Waals surface area contributed by atoms with Crippen molar-refractivity contribution in [3.8, 4) is 17.9 Å². The lowest BCUT2D eigenvalue weighted by Gasteiger charge is -2.10. The lowest BCUT2D eigenvalue weighted by atomic mass is 10.0. The average Bonchev–Trinajstić information content (AvgIpc) is 2.45. The summed E-state index contributed by atoms with van der Waals surface area (Å²) in [5.74, 6) is 5.79. The van der Waals surface area contributed by atoms with E-state index in [1.165, 1.54) is 0 Å². The molecule has 0 bridgehead atoms. The molecule has 0 aliphatic carbocycles. The summed E-state index contributed by atoms with van der Waals surface area (Å²) in [6.07, 6.45) is 2.08. The fraction of sp³-hybridized carbons (Fsp3) is 0.143. The van der Waals surface area contributed by atoms with Crippen LogP contribution in [0.25, 0.3) is 10.8 Å². The normalized spacial score (nSPS) is 10.9. The summed E-state index contributed by atoms with van der Waals surface area (Å²) in [5.41, 5.74) is 1.17. The molecule has 1 N–H and O–H groups in total. The largest absolute Gasteiger partial charge is 0.338 e. The Morgan fingerprint density at radius 2 is 2.32 bits per heavy atom. The number of carbonyl (C=O) groups is 1. The maximum absolute atomic E-state index is 10.6. The van der Waals surface area contributed by atoms with Crippen molar-refractivity contribution >= 4 is 17.2 Å². The second kappa shape index (κ2) is 5.61. The van der Waals surface area contributed by atoms with E-state index >= 15 is 0 Å². The Bertz CT molecular complexity index is 716. The molecular formula is C14H10N4O. The highest BCUT2D eigenvalue weighted by atomic mass is 16.1. The van der Waals surface area contributed by atoms with E-state index in [9.17, 15) is 4.79 Å². The van der Waals surface area contributed by atoms with Gasteiger partial charge in [-0.3, -0.25) is 4.79 Å². The number of rotatable bonds is 3. The van der Waals surface area contributed by atoms with Gasteiger partial charge in [0, 0.05) is 16.3 Å². The summed E-state index contributed by atoms with van der Waals surface area (Å²) < 4.78 is 0. The maximum Gasteiger partial charge on any atom is 0.208 e. The SMILES string of the molecule is CC#Cc1cccc2cnnc(C(C#N)NC=O)c12. The molecule has 0 aliphatic heterocycles. The number of benzene rings is 1. The Kier molecular flexibility index (Phi) is 3.70. The number of aromatic nitrogens is 2. The van der Waals surface area contributed by atoms with Gasteiger partial charge in [0.2, 0.25) is 6.41 Å². The number of nitriles is 1. The van der Waals surface area contributed by atoms with E-state index in [2.05, 4.69) is 27.4 Å². The quantitative estimate of drug-likeness (QED) is 0.658. The molecule has 1 amide bonds. The molecule has 0 saturated carbocycles. The maximum atomic E-state index is 10.6. The molecule has 1 atom stereocenters. The fourth-order valence-corrected chi connectivity index (χ4v) is 1.85. The number of hydrogen-bond acceptors (Lipinski definition) is 4. The first-order valence-corrected chi connectivity index (χ1v) is 5.58. The number of amides is 1. The van der Waals surface area contributed by atoms with Gasteiger partial charge in [0.25, 0.3) is 0 Å². The van der Waals surface area contributed by atoms with E-state index in [4.69, 9.17) is 5.26 Å². The minimum atomic E-state index is -0.839. The van der Waals surface area contributed by atoms with Crippen LogP contribution in [-0.2, 0) is 4.79 Å². The monoisotopic (exact) mass is 250 g/mol. The predicted octanol–water partition coefficient (Wildman–Crippen LogP) is 1.31. The lowest BCUT2D eigenvalue weighted by molar-refractivity contribution is -0.109. The molecule has 2 aromatic rings. The van der Waals surface area contributed by atoms with Gasteiger partial charge in [0.1, 0.15) is 5.69 Å². The zero-order valence-corrected chi connectivity index (χ0v) is 10.2. The van der Waals surface area contributed by atoms with Crippen LogP contribution in [0.4, 0.5) is 0 Å². The van der Waals surface area contributed by atoms with Crippen LogP contribution in [0.15, 0.2) is 24.4 Å². The van der Waals surface area contributed by atoms with Crippen LogP contribution in [0.2, 0.25) is 0 Å². The van der Waals surface area contributed by atoms with Crippen molar-refractivity contribution in [2.75, 3.05) is 0 Å². The summed E-state index contributed by atoms with van der Waals surface area (Å²) >= 11 is 0. The smallest absolute Gasteiger partial charge is 0.208 e. The molecular weight excluding hydrogens is 240 g/mol. The number of nitrogens with zero attached hydrogens (tertiary/aromatic N) is 3. The summed E-state index contributed by atoms with van der Waals surface area (Å²) in [7, 11) is 0. The molecule has 0 spiro atoms. The Morgan fingerprint density at radius 3 is 3.00 bits per heavy atom. The fourth-order valence-electron chi connectivity index (χ4n) is 1.85. The van der Waals surface area contributed by atoms with Gasteiger partial charge in [-0.05, 0) is 13.0 Å². The average molecular weight is 250 g/mol. The topological polar surface area (TPSA) is 78.7 Å². The molecule has 5 heteroatoms. The van der Waals surface area contributed by atoms with Gasteiger partial charge in [-0.25, -0.2) is 0 Å². The van der Waals surface area contributed by atoms with E-state index < -0.39 is 6.04 Å². The molecule has 0 saturated heterocycles. The Labute approximate surface area is 110 Å². The Morgan fingerprint density at radius 1 is 1.47 bits per heavy atom. The van der Waals surface area contributed by atoms with Crippen molar-refractivity contribution in [1.29, 1.82) is 5.26 Å². The second-order valence-corrected chi connectivity index (χ2v) is 3.72. The molecule has 92 valence electrons. The van der Waals surface area contributed by atoms with E-state index in [1.54, 1.807) is 13.1 Å². The minimum absolute atomic E-state index is 0.408. The zero-order chi connectivity index (χ0) is 13.7. The summed E-state index contributed by atoms with van der Waals surface area (Å²) in [5, 5.41) is 20.9. The molecule has 19 heavy (non-hydrogen) atoms. The molecule has 0 aliphatic rings. The van der Waals surface area contributed by atoms with E-state index in [-0.39, 0.29) is 0 Å². The summed E-state index contributed by atoms with van der Waals surface area (Å²) in [6, 6.07) is 6.72. The van der Waals surface area contributed by atoms with Crippen molar-refractivity contribution in [3.05, 3.63) is 35.7 Å². The van der Waals surface area contributed by atoms with Gasteiger partial charge in [-0.15, -0.1) is 5.92 Å². The van der Waals surface area contributed by atoms with Gasteiger partial charge >= 0.3 is 0 Å². The first-order valence-electron chi connectivity index (χ1n) is 5.58. The standard InChI is InChI=1S/C14H10N4O/c1-2-4-10-5-3-6-11-8-17-18-14(13(10)11)12(7-15)16-9-19/h3,5-6,8-9,12H,1H3,(H,16,19). The van der Waals surface area contributed by atoms with Crippen molar-refractivity contribution in [2.45, 2.75) is 13.0 Å². The Hall–Kier alpha value is -2.92. The number of hydrogen-bond donors (Lipinski definition) is 1. The third-order valence-corrected chi connectivity index (χ3v) is 2.61. The first kappa shape index (κ1) is 12.5. The van der Waals surface area contributed by atoms with Crippen LogP contribution in [-0.4, -0.2) is 16.6 Å². The van der Waals surface area contributed by atoms with Crippen LogP contribution in [0, 0.1) is 23.2 Å². The van der Waals surface area contributed by atoms with Crippen molar-refractivity contribution < 1.29 is 4.79 Å². The van der Waals surface area contributed by atoms with Crippen molar-refractivity contribution in [1.82, 2.24) is 15.5 Å². The van der Waals surface area contributed by atoms with Crippen molar-refractivity contribution in [2.24, 2.45) is 0 Å². The van der Waals surface area contributed by atoms with Crippen LogP contribution in [0.3, 0.4) is 0 Å². The predicted molar refractivity (Wildman–Crippen MR) is 69.6 cm³/mol. The number of nitrogens with one attached hydrogen (secondary N) is 1. The van der Waals surface area contributed by atoms with Crippen LogP contribution in [0.5, 0.6) is 0 Å². The molecule has 0 fully saturated rings. The molecule has 1 unspecified atom stereocenters. The van der Waals surface area contributed by atoms with Gasteiger partial charge in [0.05, 0.1) is 12.3 Å². The number of fused-ring (bicyclic) bond motifs is 1. The Balaban J connectivity index is 2.76. The van der Waals surface area contributed by atoms with Crippen LogP contribution >= 0.6 is 0 Å².